The molecule has 0 radical (unpaired) electrons. The lowest BCUT2D eigenvalue weighted by Crippen LogP contribution is -2.30. The molecule has 0 atom stereocenters. The van der Waals surface area contributed by atoms with Crippen molar-refractivity contribution < 1.29 is 19.4 Å². The highest BCUT2D eigenvalue weighted by molar-refractivity contribution is 5.96. The standard InChI is InChI=1S/C14H19NO4/c1-4-14(2,3)13(18)15-10-7-5-6-8-11(10)19-9-12(16)17/h5-8H,4,9H2,1-3H3,(H,15,18)(H,16,17). The van der Waals surface area contributed by atoms with Gasteiger partial charge in [0.25, 0.3) is 0 Å². The molecule has 0 aliphatic carbocycles. The van der Waals surface area contributed by atoms with Crippen molar-refractivity contribution in [3.63, 3.8) is 0 Å². The van der Waals surface area contributed by atoms with E-state index in [1.165, 1.54) is 0 Å². The number of ether oxygens (including phenoxy) is 1. The van der Waals surface area contributed by atoms with Crippen LogP contribution in [-0.2, 0) is 9.59 Å². The molecule has 0 spiro atoms. The van der Waals surface area contributed by atoms with Crippen LogP contribution in [-0.4, -0.2) is 23.6 Å². The van der Waals surface area contributed by atoms with E-state index in [0.717, 1.165) is 0 Å². The van der Waals surface area contributed by atoms with Crippen LogP contribution >= 0.6 is 0 Å². The molecule has 0 aliphatic heterocycles. The zero-order valence-corrected chi connectivity index (χ0v) is 11.4. The lowest BCUT2D eigenvalue weighted by molar-refractivity contribution is -0.139. The van der Waals surface area contributed by atoms with E-state index in [2.05, 4.69) is 5.32 Å². The first kappa shape index (κ1) is 15.0. The fraction of sp³-hybridized carbons (Fsp3) is 0.429. The van der Waals surface area contributed by atoms with Gasteiger partial charge in [-0.15, -0.1) is 0 Å². The van der Waals surface area contributed by atoms with E-state index in [1.807, 2.05) is 20.8 Å². The molecule has 0 fully saturated rings. The highest BCUT2D eigenvalue weighted by Crippen LogP contribution is 2.27. The molecule has 0 aliphatic rings. The second kappa shape index (κ2) is 6.22. The minimum Gasteiger partial charge on any atom is -0.480 e. The topological polar surface area (TPSA) is 75.6 Å². The summed E-state index contributed by atoms with van der Waals surface area (Å²) in [7, 11) is 0. The molecular formula is C14H19NO4. The van der Waals surface area contributed by atoms with Gasteiger partial charge in [0.05, 0.1) is 5.69 Å². The molecule has 19 heavy (non-hydrogen) atoms. The number of amides is 1. The summed E-state index contributed by atoms with van der Waals surface area (Å²) in [4.78, 5) is 22.6. The molecule has 1 aromatic rings. The first-order chi connectivity index (χ1) is 8.86. The molecule has 0 bridgehead atoms. The van der Waals surface area contributed by atoms with Gasteiger partial charge in [-0.1, -0.05) is 32.9 Å². The number of rotatable bonds is 6. The van der Waals surface area contributed by atoms with Crippen LogP contribution in [0.3, 0.4) is 0 Å². The lowest BCUT2D eigenvalue weighted by Gasteiger charge is -2.22. The van der Waals surface area contributed by atoms with Crippen molar-refractivity contribution in [2.75, 3.05) is 11.9 Å². The number of carboxylic acids is 1. The fourth-order valence-corrected chi connectivity index (χ4v) is 1.29. The summed E-state index contributed by atoms with van der Waals surface area (Å²) in [6, 6.07) is 6.78. The fourth-order valence-electron chi connectivity index (χ4n) is 1.29. The Kier molecular flexibility index (Phi) is 4.92. The van der Waals surface area contributed by atoms with Crippen molar-refractivity contribution >= 4 is 17.6 Å². The Balaban J connectivity index is 2.83. The number of carbonyl (C=O) groups excluding carboxylic acids is 1. The van der Waals surface area contributed by atoms with Gasteiger partial charge < -0.3 is 15.2 Å². The molecule has 2 N–H and O–H groups in total. The predicted molar refractivity (Wildman–Crippen MR) is 72.3 cm³/mol. The third kappa shape index (κ3) is 4.28. The molecule has 0 saturated heterocycles. The van der Waals surface area contributed by atoms with Gasteiger partial charge in [-0.05, 0) is 18.6 Å². The monoisotopic (exact) mass is 265 g/mol. The molecule has 0 heterocycles. The van der Waals surface area contributed by atoms with Crippen LogP contribution in [0.4, 0.5) is 5.69 Å². The molecule has 5 heteroatoms. The van der Waals surface area contributed by atoms with Gasteiger partial charge in [-0.2, -0.15) is 0 Å². The Morgan fingerprint density at radius 2 is 1.95 bits per heavy atom. The number of hydrogen-bond donors (Lipinski definition) is 2. The Hall–Kier alpha value is -2.04. The average Bonchev–Trinajstić information content (AvgIpc) is 2.37. The van der Waals surface area contributed by atoms with E-state index in [0.29, 0.717) is 17.9 Å². The Bertz CT molecular complexity index is 468. The summed E-state index contributed by atoms with van der Waals surface area (Å²) in [6.07, 6.45) is 0.705. The molecule has 1 rings (SSSR count). The largest absolute Gasteiger partial charge is 0.480 e. The van der Waals surface area contributed by atoms with Crippen LogP contribution in [0.5, 0.6) is 5.75 Å². The second-order valence-electron chi connectivity index (χ2n) is 4.87. The second-order valence-corrected chi connectivity index (χ2v) is 4.87. The lowest BCUT2D eigenvalue weighted by atomic mass is 9.89. The Morgan fingerprint density at radius 1 is 1.32 bits per heavy atom. The van der Waals surface area contributed by atoms with Crippen molar-refractivity contribution in [3.05, 3.63) is 24.3 Å². The smallest absolute Gasteiger partial charge is 0.341 e. The number of hydrogen-bond acceptors (Lipinski definition) is 3. The van der Waals surface area contributed by atoms with Gasteiger partial charge in [-0.3, -0.25) is 4.79 Å². The van der Waals surface area contributed by atoms with Crippen LogP contribution in [0, 0.1) is 5.41 Å². The predicted octanol–water partition coefficient (Wildman–Crippen LogP) is 2.52. The first-order valence-electron chi connectivity index (χ1n) is 6.12. The maximum absolute atomic E-state index is 12.1. The van der Waals surface area contributed by atoms with Gasteiger partial charge in [0, 0.05) is 5.41 Å². The zero-order chi connectivity index (χ0) is 14.5. The molecule has 5 nitrogen and oxygen atoms in total. The van der Waals surface area contributed by atoms with E-state index in [9.17, 15) is 9.59 Å². The summed E-state index contributed by atoms with van der Waals surface area (Å²) in [6.45, 7) is 5.20. The Labute approximate surface area is 112 Å². The average molecular weight is 265 g/mol. The third-order valence-electron chi connectivity index (χ3n) is 2.98. The van der Waals surface area contributed by atoms with Gasteiger partial charge in [-0.25, -0.2) is 4.79 Å². The summed E-state index contributed by atoms with van der Waals surface area (Å²) in [5, 5.41) is 11.4. The maximum atomic E-state index is 12.1. The van der Waals surface area contributed by atoms with Gasteiger partial charge in [0.15, 0.2) is 6.61 Å². The number of para-hydroxylation sites is 2. The number of benzene rings is 1. The number of carboxylic acid groups (broad SMARTS) is 1. The maximum Gasteiger partial charge on any atom is 0.341 e. The van der Waals surface area contributed by atoms with Crippen molar-refractivity contribution in [1.82, 2.24) is 0 Å². The molecule has 104 valence electrons. The summed E-state index contributed by atoms with van der Waals surface area (Å²) < 4.78 is 5.13. The highest BCUT2D eigenvalue weighted by Gasteiger charge is 2.25. The number of anilines is 1. The molecular weight excluding hydrogens is 246 g/mol. The van der Waals surface area contributed by atoms with Crippen LogP contribution in [0.15, 0.2) is 24.3 Å². The number of aliphatic carboxylic acids is 1. The van der Waals surface area contributed by atoms with Crippen LogP contribution in [0.25, 0.3) is 0 Å². The minimum atomic E-state index is -1.06. The van der Waals surface area contributed by atoms with E-state index >= 15 is 0 Å². The normalized spacial score (nSPS) is 10.9. The van der Waals surface area contributed by atoms with E-state index in [4.69, 9.17) is 9.84 Å². The molecule has 0 unspecified atom stereocenters. The molecule has 1 aromatic carbocycles. The van der Waals surface area contributed by atoms with Crippen molar-refractivity contribution in [2.45, 2.75) is 27.2 Å². The third-order valence-corrected chi connectivity index (χ3v) is 2.98. The SMILES string of the molecule is CCC(C)(C)C(=O)Nc1ccccc1OCC(=O)O. The van der Waals surface area contributed by atoms with Gasteiger partial charge >= 0.3 is 5.97 Å². The highest BCUT2D eigenvalue weighted by atomic mass is 16.5. The first-order valence-corrected chi connectivity index (χ1v) is 6.12. The summed E-state index contributed by atoms with van der Waals surface area (Å²) in [5.74, 6) is -0.832. The van der Waals surface area contributed by atoms with Gasteiger partial charge in [0.1, 0.15) is 5.75 Å². The van der Waals surface area contributed by atoms with E-state index in [-0.39, 0.29) is 5.91 Å². The van der Waals surface area contributed by atoms with Crippen LogP contribution < -0.4 is 10.1 Å². The summed E-state index contributed by atoms with van der Waals surface area (Å²) in [5.41, 5.74) is -0.00446. The zero-order valence-electron chi connectivity index (χ0n) is 11.4. The molecule has 0 aromatic heterocycles. The molecule has 0 saturated carbocycles. The van der Waals surface area contributed by atoms with Crippen molar-refractivity contribution in [2.24, 2.45) is 5.41 Å². The molecule has 1 amide bonds. The van der Waals surface area contributed by atoms with Gasteiger partial charge in [0.2, 0.25) is 5.91 Å². The van der Waals surface area contributed by atoms with E-state index in [1.54, 1.807) is 24.3 Å². The van der Waals surface area contributed by atoms with Crippen molar-refractivity contribution in [3.8, 4) is 5.75 Å². The van der Waals surface area contributed by atoms with Crippen molar-refractivity contribution in [1.29, 1.82) is 0 Å². The quantitative estimate of drug-likeness (QED) is 0.828. The van der Waals surface area contributed by atoms with E-state index < -0.39 is 18.0 Å². The van der Waals surface area contributed by atoms with Crippen LogP contribution in [0.1, 0.15) is 27.2 Å². The Morgan fingerprint density at radius 3 is 2.53 bits per heavy atom. The van der Waals surface area contributed by atoms with Crippen LogP contribution in [0.2, 0.25) is 0 Å². The number of nitrogens with one attached hydrogen (secondary N) is 1. The minimum absolute atomic E-state index is 0.124. The number of carbonyl (C=O) groups is 2. The summed E-state index contributed by atoms with van der Waals surface area (Å²) >= 11 is 0.